The second-order valence-corrected chi connectivity index (χ2v) is 10.3. The Morgan fingerprint density at radius 1 is 1.08 bits per heavy atom. The number of benzene rings is 2. The summed E-state index contributed by atoms with van der Waals surface area (Å²) in [7, 11) is 0. The van der Waals surface area contributed by atoms with Crippen molar-refractivity contribution in [3.8, 4) is 5.75 Å². The summed E-state index contributed by atoms with van der Waals surface area (Å²) < 4.78 is 11.1. The Morgan fingerprint density at radius 2 is 1.82 bits per heavy atom. The number of amides is 1. The number of aliphatic hydroxyl groups is 1. The quantitative estimate of drug-likeness (QED) is 0.107. The van der Waals surface area contributed by atoms with Gasteiger partial charge in [0.1, 0.15) is 16.4 Å². The topological polar surface area (TPSA) is 106 Å². The molecule has 1 saturated heterocycles. The largest absolute Gasteiger partial charge is 0.507 e. The van der Waals surface area contributed by atoms with Gasteiger partial charge in [0.2, 0.25) is 0 Å². The van der Waals surface area contributed by atoms with Crippen LogP contribution in [0.15, 0.2) is 54.1 Å². The van der Waals surface area contributed by atoms with Crippen LogP contribution < -0.4 is 9.64 Å². The fourth-order valence-corrected chi connectivity index (χ4v) is 5.39. The number of hydrogen-bond acceptors (Lipinski definition) is 8. The Bertz CT molecular complexity index is 1410. The monoisotopic (exact) mass is 548 g/mol. The number of carbonyl (C=O) groups is 3. The summed E-state index contributed by atoms with van der Waals surface area (Å²) in [4.78, 5) is 45.4. The summed E-state index contributed by atoms with van der Waals surface area (Å²) in [5, 5.41) is 11.5. The Balaban J connectivity index is 1.84. The van der Waals surface area contributed by atoms with Crippen LogP contribution in [0.2, 0.25) is 0 Å². The first-order chi connectivity index (χ1) is 18.8. The summed E-state index contributed by atoms with van der Waals surface area (Å²) in [6.07, 6.45) is 3.02. The van der Waals surface area contributed by atoms with Crippen LogP contribution in [0.1, 0.15) is 71.2 Å². The fraction of sp³-hybridized carbons (Fsp3) is 0.333. The number of rotatable bonds is 10. The molecule has 1 fully saturated rings. The lowest BCUT2D eigenvalue weighted by atomic mass is 9.95. The molecule has 1 N–H and O–H groups in total. The second-order valence-electron chi connectivity index (χ2n) is 9.29. The van der Waals surface area contributed by atoms with Gasteiger partial charge < -0.3 is 14.6 Å². The minimum atomic E-state index is -0.980. The van der Waals surface area contributed by atoms with E-state index in [0.717, 1.165) is 36.2 Å². The summed E-state index contributed by atoms with van der Waals surface area (Å²) in [6, 6.07) is 13.2. The van der Waals surface area contributed by atoms with Crippen molar-refractivity contribution in [2.75, 3.05) is 18.1 Å². The van der Waals surface area contributed by atoms with E-state index in [1.54, 1.807) is 44.2 Å². The van der Waals surface area contributed by atoms with E-state index in [4.69, 9.17) is 9.47 Å². The highest BCUT2D eigenvalue weighted by atomic mass is 32.1. The molecule has 0 bridgehead atoms. The molecule has 2 heterocycles. The van der Waals surface area contributed by atoms with E-state index in [1.165, 1.54) is 4.90 Å². The molecule has 0 saturated carbocycles. The number of thiazole rings is 1. The molecule has 1 aromatic heterocycles. The zero-order chi connectivity index (χ0) is 28.1. The van der Waals surface area contributed by atoms with Gasteiger partial charge in [-0.15, -0.1) is 0 Å². The Labute approximate surface area is 231 Å². The van der Waals surface area contributed by atoms with Crippen molar-refractivity contribution in [2.45, 2.75) is 53.0 Å². The lowest BCUT2D eigenvalue weighted by Gasteiger charge is -2.23. The molecule has 9 heteroatoms. The lowest BCUT2D eigenvalue weighted by molar-refractivity contribution is -0.132. The van der Waals surface area contributed by atoms with Crippen LogP contribution >= 0.6 is 11.3 Å². The van der Waals surface area contributed by atoms with Crippen LogP contribution in [0, 0.1) is 13.8 Å². The molecular weight excluding hydrogens is 516 g/mol. The number of anilines is 1. The SMILES string of the molecule is CCCCCOc1cccc(C2C(=C(O)c3ccc(C)cc3)C(=O)C(=O)N2c2nc(C)c(C(=O)OCC)s2)c1. The van der Waals surface area contributed by atoms with Gasteiger partial charge >= 0.3 is 11.9 Å². The van der Waals surface area contributed by atoms with Gasteiger partial charge in [0.05, 0.1) is 30.5 Å². The molecule has 0 spiro atoms. The smallest absolute Gasteiger partial charge is 0.350 e. The predicted molar refractivity (Wildman–Crippen MR) is 150 cm³/mol. The van der Waals surface area contributed by atoms with Gasteiger partial charge in [-0.3, -0.25) is 14.5 Å². The molecule has 1 amide bonds. The molecule has 0 aliphatic carbocycles. The summed E-state index contributed by atoms with van der Waals surface area (Å²) in [5.74, 6) is -1.92. The standard InChI is InChI=1S/C30H32N2O6S/c1-5-7-8-16-38-22-11-9-10-21(17-22)24-23(25(33)20-14-12-18(3)13-15-20)26(34)28(35)32(24)30-31-19(4)27(39-30)29(36)37-6-2/h9-15,17,24,33H,5-8,16H2,1-4H3. The molecule has 39 heavy (non-hydrogen) atoms. The number of ketones is 1. The molecule has 1 unspecified atom stereocenters. The van der Waals surface area contributed by atoms with Gasteiger partial charge in [0.25, 0.3) is 5.78 Å². The van der Waals surface area contributed by atoms with Crippen LogP contribution in [0.3, 0.4) is 0 Å². The van der Waals surface area contributed by atoms with E-state index in [2.05, 4.69) is 11.9 Å². The van der Waals surface area contributed by atoms with E-state index >= 15 is 0 Å². The number of carbonyl (C=O) groups excluding carboxylic acids is 3. The van der Waals surface area contributed by atoms with Gasteiger partial charge in [0, 0.05) is 5.56 Å². The number of aromatic nitrogens is 1. The number of hydrogen-bond donors (Lipinski definition) is 1. The minimum absolute atomic E-state index is 0.0578. The van der Waals surface area contributed by atoms with Gasteiger partial charge in [0.15, 0.2) is 5.13 Å². The number of unbranched alkanes of at least 4 members (excludes halogenated alkanes) is 2. The number of nitrogens with zero attached hydrogens (tertiary/aromatic N) is 2. The second kappa shape index (κ2) is 12.3. The molecule has 1 atom stereocenters. The Hall–Kier alpha value is -3.98. The maximum atomic E-state index is 13.5. The van der Waals surface area contributed by atoms with Gasteiger partial charge in [-0.2, -0.15) is 0 Å². The molecule has 1 aliphatic heterocycles. The van der Waals surface area contributed by atoms with Crippen LogP contribution in [0.25, 0.3) is 5.76 Å². The van der Waals surface area contributed by atoms with E-state index in [-0.39, 0.29) is 27.9 Å². The third kappa shape index (κ3) is 5.88. The average molecular weight is 549 g/mol. The number of aliphatic hydroxyl groups excluding tert-OH is 1. The minimum Gasteiger partial charge on any atom is -0.507 e. The first-order valence-electron chi connectivity index (χ1n) is 13.0. The zero-order valence-corrected chi connectivity index (χ0v) is 23.3. The summed E-state index contributed by atoms with van der Waals surface area (Å²) >= 11 is 0.976. The number of aryl methyl sites for hydroxylation is 2. The van der Waals surface area contributed by atoms with Crippen molar-refractivity contribution < 1.29 is 29.0 Å². The van der Waals surface area contributed by atoms with Gasteiger partial charge in [-0.1, -0.05) is 73.1 Å². The van der Waals surface area contributed by atoms with E-state index < -0.39 is 23.7 Å². The molecule has 4 rings (SSSR count). The van der Waals surface area contributed by atoms with Crippen molar-refractivity contribution in [1.29, 1.82) is 0 Å². The van der Waals surface area contributed by atoms with Crippen molar-refractivity contribution in [3.63, 3.8) is 0 Å². The normalized spacial score (nSPS) is 16.5. The van der Waals surface area contributed by atoms with E-state index in [9.17, 15) is 19.5 Å². The highest BCUT2D eigenvalue weighted by molar-refractivity contribution is 7.17. The van der Waals surface area contributed by atoms with Crippen LogP contribution in [-0.2, 0) is 14.3 Å². The average Bonchev–Trinajstić information content (AvgIpc) is 3.43. The molecule has 3 aromatic rings. The predicted octanol–water partition coefficient (Wildman–Crippen LogP) is 6.13. The maximum absolute atomic E-state index is 13.5. The zero-order valence-electron chi connectivity index (χ0n) is 22.5. The number of ether oxygens (including phenoxy) is 2. The van der Waals surface area contributed by atoms with Gasteiger partial charge in [-0.25, -0.2) is 9.78 Å². The van der Waals surface area contributed by atoms with Crippen molar-refractivity contribution in [3.05, 3.63) is 81.4 Å². The van der Waals surface area contributed by atoms with Gasteiger partial charge in [-0.05, 0) is 44.9 Å². The first kappa shape index (κ1) is 28.0. The van der Waals surface area contributed by atoms with E-state index in [0.29, 0.717) is 29.2 Å². The molecule has 0 radical (unpaired) electrons. The van der Waals surface area contributed by atoms with Crippen molar-refractivity contribution >= 4 is 39.9 Å². The molecular formula is C30H32N2O6S. The third-order valence-corrected chi connectivity index (χ3v) is 7.55. The molecule has 8 nitrogen and oxygen atoms in total. The Kier molecular flexibility index (Phi) is 8.81. The third-order valence-electron chi connectivity index (χ3n) is 6.41. The lowest BCUT2D eigenvalue weighted by Crippen LogP contribution is -2.29. The first-order valence-corrected chi connectivity index (χ1v) is 13.8. The summed E-state index contributed by atoms with van der Waals surface area (Å²) in [5.41, 5.74) is 2.30. The fourth-order valence-electron chi connectivity index (χ4n) is 4.40. The van der Waals surface area contributed by atoms with Crippen LogP contribution in [-0.4, -0.2) is 41.0 Å². The molecule has 1 aliphatic rings. The van der Waals surface area contributed by atoms with Crippen LogP contribution in [0.4, 0.5) is 5.13 Å². The number of esters is 1. The van der Waals surface area contributed by atoms with E-state index in [1.807, 2.05) is 25.1 Å². The summed E-state index contributed by atoms with van der Waals surface area (Å²) in [6.45, 7) is 8.12. The highest BCUT2D eigenvalue weighted by Gasteiger charge is 2.48. The molecule has 204 valence electrons. The maximum Gasteiger partial charge on any atom is 0.350 e. The van der Waals surface area contributed by atoms with Crippen molar-refractivity contribution in [2.24, 2.45) is 0 Å². The van der Waals surface area contributed by atoms with Crippen molar-refractivity contribution in [1.82, 2.24) is 4.98 Å². The Morgan fingerprint density at radius 3 is 2.51 bits per heavy atom. The number of Topliss-reactive ketones (excluding diaryl/α,β-unsaturated/α-hetero) is 1. The molecule has 2 aromatic carbocycles. The van der Waals surface area contributed by atoms with Crippen LogP contribution in [0.5, 0.6) is 5.75 Å². The highest BCUT2D eigenvalue weighted by Crippen LogP contribution is 2.44.